The molecule has 1 aliphatic carbocycles. The lowest BCUT2D eigenvalue weighted by atomic mass is 9.81. The lowest BCUT2D eigenvalue weighted by molar-refractivity contribution is -0.264. The Balaban J connectivity index is 1.15. The molecule has 2 N–H and O–H groups in total. The van der Waals surface area contributed by atoms with Gasteiger partial charge >= 0.3 is 17.9 Å². The molecule has 1 amide bonds. The number of nitrogens with zero attached hydrogens (tertiary/aromatic N) is 1. The van der Waals surface area contributed by atoms with Gasteiger partial charge in [0.25, 0.3) is 0 Å². The second-order valence-corrected chi connectivity index (χ2v) is 15.0. The molecule has 2 heterocycles. The Morgan fingerprint density at radius 3 is 2.07 bits per heavy atom. The number of aryl methyl sites for hydroxylation is 1. The fourth-order valence-corrected chi connectivity index (χ4v) is 7.45. The first-order valence-electron chi connectivity index (χ1n) is 20.4. The molecule has 6 atom stereocenters. The maximum absolute atomic E-state index is 16.8. The Bertz CT molecular complexity index is 2250. The summed E-state index contributed by atoms with van der Waals surface area (Å²) in [4.78, 5) is 52.3. The molecule has 5 aromatic rings. The third-order valence-corrected chi connectivity index (χ3v) is 10.8. The molecule has 13 heteroatoms. The number of halogens is 1. The first-order valence-corrected chi connectivity index (χ1v) is 20.4. The monoisotopic (exact) mass is 817 g/mol. The van der Waals surface area contributed by atoms with Gasteiger partial charge in [-0.15, -0.1) is 5.10 Å². The van der Waals surface area contributed by atoms with Gasteiger partial charge < -0.3 is 29.0 Å². The lowest BCUT2D eigenvalue weighted by Gasteiger charge is -2.41. The van der Waals surface area contributed by atoms with Crippen LogP contribution in [-0.4, -0.2) is 77.9 Å². The molecular weight excluding hydrogens is 770 g/mol. The van der Waals surface area contributed by atoms with Crippen molar-refractivity contribution in [1.82, 2.24) is 15.5 Å². The van der Waals surface area contributed by atoms with E-state index in [9.17, 15) is 19.2 Å². The minimum atomic E-state index is -2.14. The second-order valence-electron chi connectivity index (χ2n) is 15.0. The number of amides is 1. The number of fused-ring (bicyclic) bond motifs is 2. The van der Waals surface area contributed by atoms with Crippen molar-refractivity contribution in [3.63, 3.8) is 0 Å². The number of hydrogen-bond acceptors (Lipinski definition) is 10. The average molecular weight is 818 g/mol. The molecule has 2 aliphatic rings. The number of unbranched alkanes of at least 4 members (excludes halogenated alkanes) is 1. The molecule has 1 aromatic heterocycles. The Kier molecular flexibility index (Phi) is 13.7. The van der Waals surface area contributed by atoms with E-state index in [-0.39, 0.29) is 34.4 Å². The van der Waals surface area contributed by atoms with Crippen molar-refractivity contribution in [3.8, 4) is 5.88 Å². The maximum atomic E-state index is 16.8. The van der Waals surface area contributed by atoms with Crippen molar-refractivity contribution in [2.75, 3.05) is 13.2 Å². The highest BCUT2D eigenvalue weighted by molar-refractivity contribution is 5.91. The van der Waals surface area contributed by atoms with Crippen LogP contribution in [-0.2, 0) is 36.6 Å². The largest absolute Gasteiger partial charge is 0.459 e. The third kappa shape index (κ3) is 9.91. The smallest absolute Gasteiger partial charge is 0.338 e. The average Bonchev–Trinajstić information content (AvgIpc) is 3.68. The number of carbonyl (C=O) groups is 4. The van der Waals surface area contributed by atoms with E-state index in [0.29, 0.717) is 19.4 Å². The van der Waals surface area contributed by atoms with E-state index in [1.165, 1.54) is 24.3 Å². The highest BCUT2D eigenvalue weighted by Gasteiger charge is 2.53. The number of nitrogens with one attached hydrogen (secondary N) is 2. The number of aromatic nitrogens is 2. The van der Waals surface area contributed by atoms with Crippen LogP contribution in [0.3, 0.4) is 0 Å². The summed E-state index contributed by atoms with van der Waals surface area (Å²) in [5.41, 5.74) is 5.33. The molecule has 1 aliphatic heterocycles. The van der Waals surface area contributed by atoms with Gasteiger partial charge in [-0.1, -0.05) is 93.1 Å². The number of esters is 3. The van der Waals surface area contributed by atoms with Gasteiger partial charge in [0, 0.05) is 36.6 Å². The molecule has 4 aromatic carbocycles. The van der Waals surface area contributed by atoms with Crippen LogP contribution in [0.2, 0.25) is 0 Å². The Labute approximate surface area is 347 Å². The normalized spacial score (nSPS) is 20.5. The van der Waals surface area contributed by atoms with Crippen molar-refractivity contribution in [1.29, 1.82) is 0 Å². The summed E-state index contributed by atoms with van der Waals surface area (Å²) in [7, 11) is 0. The maximum Gasteiger partial charge on any atom is 0.338 e. The van der Waals surface area contributed by atoms with E-state index in [1.54, 1.807) is 66.7 Å². The standard InChI is InChI=1S/C47H48FN3O9/c1-3-4-25-49-38(52)22-14-15-30-23-24-34-27-36-40(29(2)35(34)26-30)50-51-43(36)60-47-42(59-46(55)33-20-12-7-13-21-33)41(58-45(54)32-18-10-6-11-19-32)39(48)37(57-47)28-56-44(53)31-16-8-5-9-17-31/h5-13,16-21,23-24,26,29,37,39,41-42,47H,3-4,14-15,22,25,27-28H2,1-2H3,(H,49,52)(H,50,51). The van der Waals surface area contributed by atoms with Gasteiger partial charge in [-0.2, -0.15) is 0 Å². The van der Waals surface area contributed by atoms with E-state index in [0.717, 1.165) is 53.6 Å². The highest BCUT2D eigenvalue weighted by Crippen LogP contribution is 2.41. The third-order valence-electron chi connectivity index (χ3n) is 10.8. The van der Waals surface area contributed by atoms with E-state index >= 15 is 4.39 Å². The second kappa shape index (κ2) is 19.6. The fourth-order valence-electron chi connectivity index (χ4n) is 7.45. The predicted octanol–water partition coefficient (Wildman–Crippen LogP) is 7.45. The van der Waals surface area contributed by atoms with Crippen LogP contribution in [0.15, 0.2) is 109 Å². The number of rotatable bonds is 16. The van der Waals surface area contributed by atoms with Gasteiger partial charge in [0.05, 0.1) is 16.7 Å². The topological polar surface area (TPSA) is 155 Å². The van der Waals surface area contributed by atoms with Gasteiger partial charge in [0.15, 0.2) is 12.3 Å². The summed E-state index contributed by atoms with van der Waals surface area (Å²) in [6.07, 6.45) is -4.29. The van der Waals surface area contributed by atoms with Crippen LogP contribution < -0.4 is 10.1 Å². The molecular formula is C47H48FN3O9. The van der Waals surface area contributed by atoms with E-state index in [4.69, 9.17) is 23.7 Å². The Morgan fingerprint density at radius 2 is 1.43 bits per heavy atom. The highest BCUT2D eigenvalue weighted by atomic mass is 19.1. The summed E-state index contributed by atoms with van der Waals surface area (Å²) >= 11 is 0. The zero-order valence-corrected chi connectivity index (χ0v) is 33.5. The summed E-state index contributed by atoms with van der Waals surface area (Å²) in [6.45, 7) is 4.25. The zero-order chi connectivity index (χ0) is 42.0. The van der Waals surface area contributed by atoms with Crippen molar-refractivity contribution in [2.24, 2.45) is 0 Å². The summed E-state index contributed by atoms with van der Waals surface area (Å²) in [5.74, 6) is -2.36. The molecule has 6 unspecified atom stereocenters. The fraction of sp³-hybridized carbons (Fsp3) is 0.340. The summed E-state index contributed by atoms with van der Waals surface area (Å²) < 4.78 is 46.7. The van der Waals surface area contributed by atoms with Crippen LogP contribution in [0.1, 0.15) is 104 Å². The van der Waals surface area contributed by atoms with Crippen LogP contribution in [0.25, 0.3) is 0 Å². The van der Waals surface area contributed by atoms with Gasteiger partial charge in [0.2, 0.25) is 24.2 Å². The zero-order valence-electron chi connectivity index (χ0n) is 33.5. The van der Waals surface area contributed by atoms with Gasteiger partial charge in [0.1, 0.15) is 12.7 Å². The van der Waals surface area contributed by atoms with Gasteiger partial charge in [-0.25, -0.2) is 18.8 Å². The van der Waals surface area contributed by atoms with Crippen molar-refractivity contribution < 1.29 is 47.3 Å². The number of carbonyl (C=O) groups excluding carboxylic acids is 4. The number of aromatic amines is 1. The number of hydrogen-bond donors (Lipinski definition) is 2. The molecule has 1 saturated heterocycles. The van der Waals surface area contributed by atoms with Crippen LogP contribution in [0, 0.1) is 0 Å². The lowest BCUT2D eigenvalue weighted by Crippen LogP contribution is -2.61. The molecule has 0 radical (unpaired) electrons. The molecule has 7 rings (SSSR count). The minimum Gasteiger partial charge on any atom is -0.459 e. The molecule has 12 nitrogen and oxygen atoms in total. The first kappa shape index (κ1) is 41.8. The van der Waals surface area contributed by atoms with Crippen molar-refractivity contribution in [3.05, 3.63) is 154 Å². The molecule has 0 saturated carbocycles. The van der Waals surface area contributed by atoms with E-state index < -0.39 is 55.3 Å². The number of H-pyrrole nitrogens is 1. The first-order chi connectivity index (χ1) is 29.2. The van der Waals surface area contributed by atoms with Crippen LogP contribution in [0.5, 0.6) is 5.88 Å². The predicted molar refractivity (Wildman–Crippen MR) is 218 cm³/mol. The quantitative estimate of drug-likeness (QED) is 0.0583. The Morgan fingerprint density at radius 1 is 0.817 bits per heavy atom. The molecule has 0 spiro atoms. The number of ether oxygens (including phenoxy) is 5. The van der Waals surface area contributed by atoms with Crippen LogP contribution in [0.4, 0.5) is 4.39 Å². The number of benzene rings is 4. The molecule has 60 heavy (non-hydrogen) atoms. The molecule has 312 valence electrons. The van der Waals surface area contributed by atoms with E-state index in [1.807, 2.05) is 0 Å². The van der Waals surface area contributed by atoms with Crippen LogP contribution >= 0.6 is 0 Å². The van der Waals surface area contributed by atoms with Gasteiger partial charge in [-0.05, 0) is 72.4 Å². The van der Waals surface area contributed by atoms with Gasteiger partial charge in [-0.3, -0.25) is 9.89 Å². The summed E-state index contributed by atoms with van der Waals surface area (Å²) in [6, 6.07) is 30.6. The molecule has 0 bridgehead atoms. The molecule has 1 fully saturated rings. The SMILES string of the molecule is CCCCNC(=O)CCCc1ccc2c(c1)C(C)c1[nH]nc(OC3OC(COC(=O)c4ccccc4)C(F)C(OC(=O)c4ccccc4)C3OC(=O)c3ccccc3)c1C2. The van der Waals surface area contributed by atoms with Crippen molar-refractivity contribution >= 4 is 23.8 Å². The summed E-state index contributed by atoms with van der Waals surface area (Å²) in [5, 5.41) is 10.6. The van der Waals surface area contributed by atoms with E-state index in [2.05, 4.69) is 47.6 Å². The number of alkyl halides is 1. The van der Waals surface area contributed by atoms with Crippen molar-refractivity contribution in [2.45, 2.75) is 89.1 Å². The Hall–Kier alpha value is -6.34. The minimum absolute atomic E-state index is 0.0608.